The first-order valence-corrected chi connectivity index (χ1v) is 7.66. The zero-order valence-electron chi connectivity index (χ0n) is 8.09. The molecule has 2 aliphatic carbocycles. The molecule has 2 rings (SSSR count). The van der Waals surface area contributed by atoms with E-state index in [-0.39, 0.29) is 0 Å². The predicted octanol–water partition coefficient (Wildman–Crippen LogP) is 3.73. The summed E-state index contributed by atoms with van der Waals surface area (Å²) in [5, 5.41) is 0. The third kappa shape index (κ3) is 1.95. The number of hydrogen-bond acceptors (Lipinski definition) is 0. The normalized spacial score (nSPS) is 19.2. The first-order valence-electron chi connectivity index (χ1n) is 4.99. The molecule has 0 radical (unpaired) electrons. The molecule has 0 atom stereocenters. The molecule has 0 saturated carbocycles. The van der Waals surface area contributed by atoms with Crippen molar-refractivity contribution >= 4 is 0 Å². The van der Waals surface area contributed by atoms with Gasteiger partial charge in [-0.3, -0.25) is 0 Å². The van der Waals surface area contributed by atoms with Gasteiger partial charge in [0.2, 0.25) is 0 Å². The van der Waals surface area contributed by atoms with E-state index in [1.54, 1.807) is 7.76 Å². The molecular formula is C12H15Ti. The molecule has 2 aliphatic rings. The minimum atomic E-state index is -1.00. The van der Waals surface area contributed by atoms with Crippen LogP contribution in [-0.2, 0) is 17.9 Å². The third-order valence-corrected chi connectivity index (χ3v) is 7.35. The molecule has 0 amide bonds. The van der Waals surface area contributed by atoms with Crippen LogP contribution in [0, 0.1) is 0 Å². The maximum absolute atomic E-state index is 2.36. The molecule has 13 heavy (non-hydrogen) atoms. The molecule has 0 saturated heterocycles. The minimum absolute atomic E-state index is 1.00. The summed E-state index contributed by atoms with van der Waals surface area (Å²) in [4.78, 5) is 0. The molecule has 0 heterocycles. The Kier molecular flexibility index (Phi) is 3.03. The Labute approximate surface area is 86.6 Å². The van der Waals surface area contributed by atoms with Gasteiger partial charge in [0.1, 0.15) is 0 Å². The number of rotatable bonds is 3. The first-order chi connectivity index (χ1) is 6.42. The van der Waals surface area contributed by atoms with Gasteiger partial charge in [-0.1, -0.05) is 0 Å². The number of allylic oxidation sites excluding steroid dienone is 8. The quantitative estimate of drug-likeness (QED) is 0.618. The van der Waals surface area contributed by atoms with Crippen LogP contribution < -0.4 is 0 Å². The van der Waals surface area contributed by atoms with Gasteiger partial charge in [0.25, 0.3) is 0 Å². The van der Waals surface area contributed by atoms with Gasteiger partial charge in [-0.05, 0) is 0 Å². The fourth-order valence-corrected chi connectivity index (χ4v) is 6.13. The van der Waals surface area contributed by atoms with Gasteiger partial charge in [-0.15, -0.1) is 0 Å². The van der Waals surface area contributed by atoms with E-state index in [4.69, 9.17) is 0 Å². The van der Waals surface area contributed by atoms with Crippen molar-refractivity contribution in [1.82, 2.24) is 0 Å². The van der Waals surface area contributed by atoms with Crippen LogP contribution in [0.25, 0.3) is 0 Å². The molecule has 0 aromatic heterocycles. The Morgan fingerprint density at radius 1 is 1.08 bits per heavy atom. The summed E-state index contributed by atoms with van der Waals surface area (Å²) in [6, 6.07) is 0. The molecule has 67 valence electrons. The molecule has 0 N–H and O–H groups in total. The van der Waals surface area contributed by atoms with E-state index in [0.717, 1.165) is 0 Å². The monoisotopic (exact) mass is 207 g/mol. The summed E-state index contributed by atoms with van der Waals surface area (Å²) in [5.41, 5.74) is 0. The molecular weight excluding hydrogens is 192 g/mol. The van der Waals surface area contributed by atoms with Crippen LogP contribution in [0.3, 0.4) is 0 Å². The zero-order valence-corrected chi connectivity index (χ0v) is 9.65. The summed E-state index contributed by atoms with van der Waals surface area (Å²) in [5.74, 6) is 0. The van der Waals surface area contributed by atoms with Crippen LogP contribution in [0.5, 0.6) is 0 Å². The molecule has 0 nitrogen and oxygen atoms in total. The first kappa shape index (κ1) is 9.24. The molecule has 0 fully saturated rings. The average Bonchev–Trinajstić information content (AvgIpc) is 2.76. The topological polar surface area (TPSA) is 0 Å². The van der Waals surface area contributed by atoms with Gasteiger partial charge in [0.15, 0.2) is 0 Å². The zero-order chi connectivity index (χ0) is 9.10. The average molecular weight is 207 g/mol. The second-order valence-electron chi connectivity index (χ2n) is 3.48. The number of hydrogen-bond donors (Lipinski definition) is 0. The van der Waals surface area contributed by atoms with Crippen molar-refractivity contribution in [2.24, 2.45) is 0 Å². The van der Waals surface area contributed by atoms with E-state index in [0.29, 0.717) is 0 Å². The molecule has 0 aromatic rings. The summed E-state index contributed by atoms with van der Waals surface area (Å²) in [6.45, 7) is 2.35. The van der Waals surface area contributed by atoms with Crippen LogP contribution in [0.1, 0.15) is 19.8 Å². The van der Waals surface area contributed by atoms with Crippen LogP contribution in [0.4, 0.5) is 0 Å². The second kappa shape index (κ2) is 4.26. The Morgan fingerprint density at radius 2 is 1.62 bits per heavy atom. The van der Waals surface area contributed by atoms with E-state index >= 15 is 0 Å². The van der Waals surface area contributed by atoms with Crippen LogP contribution >= 0.6 is 0 Å². The summed E-state index contributed by atoms with van der Waals surface area (Å²) >= 11 is -1.00. The molecule has 0 aromatic carbocycles. The maximum atomic E-state index is 2.36. The van der Waals surface area contributed by atoms with E-state index in [1.807, 2.05) is 0 Å². The fourth-order valence-electron chi connectivity index (χ4n) is 2.00. The van der Waals surface area contributed by atoms with Gasteiger partial charge in [0.05, 0.1) is 0 Å². The molecule has 0 spiro atoms. The van der Waals surface area contributed by atoms with E-state index in [2.05, 4.69) is 43.4 Å². The van der Waals surface area contributed by atoms with E-state index < -0.39 is 17.9 Å². The molecule has 0 aliphatic heterocycles. The van der Waals surface area contributed by atoms with Crippen LogP contribution in [0.15, 0.2) is 44.2 Å². The Morgan fingerprint density at radius 3 is 1.92 bits per heavy atom. The van der Waals surface area contributed by atoms with Crippen molar-refractivity contribution < 1.29 is 17.9 Å². The second-order valence-corrected chi connectivity index (χ2v) is 8.08. The Hall–Kier alpha value is -0.326. The summed E-state index contributed by atoms with van der Waals surface area (Å²) in [7, 11) is 0. The Bertz CT molecular complexity index is 275. The third-order valence-electron chi connectivity index (χ3n) is 2.67. The van der Waals surface area contributed by atoms with Gasteiger partial charge in [-0.25, -0.2) is 0 Å². The fraction of sp³-hybridized carbons (Fsp3) is 0.333. The van der Waals surface area contributed by atoms with Crippen molar-refractivity contribution in [1.29, 1.82) is 0 Å². The molecule has 1 heteroatoms. The van der Waals surface area contributed by atoms with Crippen LogP contribution in [0.2, 0.25) is 4.73 Å². The van der Waals surface area contributed by atoms with Crippen molar-refractivity contribution in [2.75, 3.05) is 0 Å². The van der Waals surface area contributed by atoms with Crippen molar-refractivity contribution in [2.45, 2.75) is 24.5 Å². The van der Waals surface area contributed by atoms with E-state index in [1.165, 1.54) is 17.6 Å². The van der Waals surface area contributed by atoms with Crippen LogP contribution in [-0.4, -0.2) is 0 Å². The van der Waals surface area contributed by atoms with Gasteiger partial charge < -0.3 is 0 Å². The summed E-state index contributed by atoms with van der Waals surface area (Å²) < 4.78 is 4.93. The molecule has 0 bridgehead atoms. The van der Waals surface area contributed by atoms with Crippen molar-refractivity contribution in [3.8, 4) is 0 Å². The standard InChI is InChI=1S/2C5H5.C2H5.Ti/c2*1-2-4-5-3-1;1-2;/h2*1-3H,4H2;1H2,2H3;. The Balaban J connectivity index is 2.09. The van der Waals surface area contributed by atoms with E-state index in [9.17, 15) is 0 Å². The van der Waals surface area contributed by atoms with Gasteiger partial charge in [-0.2, -0.15) is 0 Å². The van der Waals surface area contributed by atoms with Crippen molar-refractivity contribution in [3.05, 3.63) is 44.2 Å². The van der Waals surface area contributed by atoms with Gasteiger partial charge in [0, 0.05) is 0 Å². The summed E-state index contributed by atoms with van der Waals surface area (Å²) in [6.07, 6.45) is 16.2. The molecule has 0 unspecified atom stereocenters. The van der Waals surface area contributed by atoms with Crippen molar-refractivity contribution in [3.63, 3.8) is 0 Å². The van der Waals surface area contributed by atoms with Gasteiger partial charge >= 0.3 is 86.6 Å². The predicted molar refractivity (Wildman–Crippen MR) is 54.2 cm³/mol. The SMILES string of the molecule is C[CH2][Ti]([C]1=CC=CC1)[C]1=CC=CC1.